The highest BCUT2D eigenvalue weighted by Gasteiger charge is 2.04. The van der Waals surface area contributed by atoms with Crippen molar-refractivity contribution in [2.45, 2.75) is 19.9 Å². The number of hydrogen-bond acceptors (Lipinski definition) is 0. The summed E-state index contributed by atoms with van der Waals surface area (Å²) in [4.78, 5) is 0. The highest BCUT2D eigenvalue weighted by molar-refractivity contribution is 9.10. The second kappa shape index (κ2) is 5.22. The first-order valence-corrected chi connectivity index (χ1v) is 7.38. The summed E-state index contributed by atoms with van der Waals surface area (Å²) in [7, 11) is 0. The average Bonchev–Trinajstić information content (AvgIpc) is 2.84. The summed E-state index contributed by atoms with van der Waals surface area (Å²) in [5.74, 6) is 0. The van der Waals surface area contributed by atoms with Gasteiger partial charge in [0.05, 0.1) is 0 Å². The van der Waals surface area contributed by atoms with Crippen molar-refractivity contribution in [2.24, 2.45) is 0 Å². The number of halogens is 1. The molecule has 0 aliphatic carbocycles. The van der Waals surface area contributed by atoms with Gasteiger partial charge in [-0.2, -0.15) is 0 Å². The third-order valence-electron chi connectivity index (χ3n) is 3.54. The Morgan fingerprint density at radius 3 is 2.42 bits per heavy atom. The summed E-state index contributed by atoms with van der Waals surface area (Å²) < 4.78 is 3.45. The molecule has 3 aromatic rings. The van der Waals surface area contributed by atoms with E-state index in [-0.39, 0.29) is 0 Å². The molecule has 2 aromatic carbocycles. The molecular weight excluding hydrogens is 298 g/mol. The lowest BCUT2D eigenvalue weighted by atomic mass is 10.1. The van der Waals surface area contributed by atoms with Crippen LogP contribution < -0.4 is 0 Å². The van der Waals surface area contributed by atoms with Gasteiger partial charge in [-0.25, -0.2) is 0 Å². The van der Waals surface area contributed by atoms with Gasteiger partial charge in [0, 0.05) is 28.1 Å². The molecule has 0 saturated heterocycles. The van der Waals surface area contributed by atoms with Gasteiger partial charge in [0.2, 0.25) is 0 Å². The molecule has 0 atom stereocenters. The van der Waals surface area contributed by atoms with Crippen LogP contribution in [0.5, 0.6) is 0 Å². The van der Waals surface area contributed by atoms with E-state index in [1.165, 1.54) is 22.0 Å². The Kier molecular flexibility index (Phi) is 3.43. The van der Waals surface area contributed by atoms with E-state index in [0.29, 0.717) is 0 Å². The summed E-state index contributed by atoms with van der Waals surface area (Å²) in [6.45, 7) is 3.11. The Bertz CT molecular complexity index is 695. The SMILES string of the molecule is CCc1ccc(Cn2ccc3c(Br)cccc32)cc1. The van der Waals surface area contributed by atoms with E-state index in [1.54, 1.807) is 0 Å². The normalized spacial score (nSPS) is 11.1. The van der Waals surface area contributed by atoms with Crippen molar-refractivity contribution < 1.29 is 0 Å². The average molecular weight is 314 g/mol. The first kappa shape index (κ1) is 12.5. The lowest BCUT2D eigenvalue weighted by Crippen LogP contribution is -1.97. The van der Waals surface area contributed by atoms with Crippen LogP contribution in [0.2, 0.25) is 0 Å². The maximum Gasteiger partial charge on any atom is 0.0494 e. The van der Waals surface area contributed by atoms with Crippen molar-refractivity contribution in [3.63, 3.8) is 0 Å². The van der Waals surface area contributed by atoms with Crippen molar-refractivity contribution in [1.29, 1.82) is 0 Å². The van der Waals surface area contributed by atoms with Crippen LogP contribution in [-0.2, 0) is 13.0 Å². The Labute approximate surface area is 122 Å². The molecule has 0 bridgehead atoms. The first-order valence-electron chi connectivity index (χ1n) is 6.59. The first-order chi connectivity index (χ1) is 9.28. The number of hydrogen-bond donors (Lipinski definition) is 0. The highest BCUT2D eigenvalue weighted by Crippen LogP contribution is 2.25. The molecule has 0 radical (unpaired) electrons. The standard InChI is InChI=1S/C17H16BrN/c1-2-13-6-8-14(9-7-13)12-19-11-10-15-16(18)4-3-5-17(15)19/h3-11H,2,12H2,1H3. The van der Waals surface area contributed by atoms with Gasteiger partial charge in [0.25, 0.3) is 0 Å². The Hall–Kier alpha value is -1.54. The molecule has 2 heteroatoms. The predicted octanol–water partition coefficient (Wildman–Crippen LogP) is 5.01. The highest BCUT2D eigenvalue weighted by atomic mass is 79.9. The molecule has 0 amide bonds. The van der Waals surface area contributed by atoms with E-state index >= 15 is 0 Å². The fourth-order valence-corrected chi connectivity index (χ4v) is 2.89. The van der Waals surface area contributed by atoms with Crippen LogP contribution in [0, 0.1) is 0 Å². The lowest BCUT2D eigenvalue weighted by molar-refractivity contribution is 0.836. The summed E-state index contributed by atoms with van der Waals surface area (Å²) in [6.07, 6.45) is 3.25. The number of benzene rings is 2. The topological polar surface area (TPSA) is 4.93 Å². The maximum atomic E-state index is 3.60. The molecule has 3 rings (SSSR count). The molecule has 19 heavy (non-hydrogen) atoms. The van der Waals surface area contributed by atoms with E-state index in [4.69, 9.17) is 0 Å². The van der Waals surface area contributed by atoms with Gasteiger partial charge in [-0.05, 0) is 35.7 Å². The lowest BCUT2D eigenvalue weighted by Gasteiger charge is -2.07. The number of nitrogens with zero attached hydrogens (tertiary/aromatic N) is 1. The number of fused-ring (bicyclic) bond motifs is 1. The third kappa shape index (κ3) is 2.45. The second-order valence-electron chi connectivity index (χ2n) is 4.79. The zero-order chi connectivity index (χ0) is 13.2. The molecule has 96 valence electrons. The zero-order valence-corrected chi connectivity index (χ0v) is 12.5. The fourth-order valence-electron chi connectivity index (χ4n) is 2.40. The Balaban J connectivity index is 1.94. The molecule has 0 fully saturated rings. The van der Waals surface area contributed by atoms with Crippen LogP contribution in [0.1, 0.15) is 18.1 Å². The van der Waals surface area contributed by atoms with Crippen LogP contribution in [0.4, 0.5) is 0 Å². The Morgan fingerprint density at radius 1 is 0.947 bits per heavy atom. The molecule has 0 aliphatic rings. The van der Waals surface area contributed by atoms with Gasteiger partial charge in [0.1, 0.15) is 0 Å². The van der Waals surface area contributed by atoms with Crippen molar-refractivity contribution in [2.75, 3.05) is 0 Å². The smallest absolute Gasteiger partial charge is 0.0494 e. The quantitative estimate of drug-likeness (QED) is 0.640. The third-order valence-corrected chi connectivity index (χ3v) is 4.24. The van der Waals surface area contributed by atoms with E-state index in [1.807, 2.05) is 0 Å². The number of rotatable bonds is 3. The van der Waals surface area contributed by atoms with E-state index < -0.39 is 0 Å². The summed E-state index contributed by atoms with van der Waals surface area (Å²) in [6, 6.07) is 17.4. The molecular formula is C17H16BrN. The number of aryl methyl sites for hydroxylation is 1. The van der Waals surface area contributed by atoms with Crippen LogP contribution in [-0.4, -0.2) is 4.57 Å². The van der Waals surface area contributed by atoms with E-state index in [9.17, 15) is 0 Å². The summed E-state index contributed by atoms with van der Waals surface area (Å²) in [5, 5.41) is 1.27. The summed E-state index contributed by atoms with van der Waals surface area (Å²) in [5.41, 5.74) is 4.01. The molecule has 1 aromatic heterocycles. The predicted molar refractivity (Wildman–Crippen MR) is 84.6 cm³/mol. The van der Waals surface area contributed by atoms with Crippen LogP contribution in [0.25, 0.3) is 10.9 Å². The van der Waals surface area contributed by atoms with Crippen molar-refractivity contribution in [3.05, 3.63) is 70.3 Å². The van der Waals surface area contributed by atoms with Crippen LogP contribution in [0.3, 0.4) is 0 Å². The zero-order valence-electron chi connectivity index (χ0n) is 10.9. The van der Waals surface area contributed by atoms with E-state index in [0.717, 1.165) is 17.4 Å². The largest absolute Gasteiger partial charge is 0.343 e. The van der Waals surface area contributed by atoms with E-state index in [2.05, 4.69) is 82.1 Å². The van der Waals surface area contributed by atoms with Gasteiger partial charge in [-0.1, -0.05) is 53.2 Å². The molecule has 0 unspecified atom stereocenters. The summed E-state index contributed by atoms with van der Waals surface area (Å²) >= 11 is 3.60. The minimum absolute atomic E-state index is 0.921. The van der Waals surface area contributed by atoms with Crippen molar-refractivity contribution in [1.82, 2.24) is 4.57 Å². The number of aromatic nitrogens is 1. The van der Waals surface area contributed by atoms with Gasteiger partial charge in [-0.3, -0.25) is 0 Å². The van der Waals surface area contributed by atoms with Gasteiger partial charge < -0.3 is 4.57 Å². The van der Waals surface area contributed by atoms with Crippen LogP contribution in [0.15, 0.2) is 59.2 Å². The Morgan fingerprint density at radius 2 is 1.68 bits per heavy atom. The van der Waals surface area contributed by atoms with Gasteiger partial charge in [0.15, 0.2) is 0 Å². The molecule has 0 N–H and O–H groups in total. The second-order valence-corrected chi connectivity index (χ2v) is 5.64. The van der Waals surface area contributed by atoms with Crippen molar-refractivity contribution >= 4 is 26.8 Å². The molecule has 1 nitrogen and oxygen atoms in total. The van der Waals surface area contributed by atoms with Crippen molar-refractivity contribution in [3.8, 4) is 0 Å². The molecule has 0 aliphatic heterocycles. The molecule has 0 spiro atoms. The fraction of sp³-hybridized carbons (Fsp3) is 0.176. The van der Waals surface area contributed by atoms with Gasteiger partial charge in [-0.15, -0.1) is 0 Å². The molecule has 0 saturated carbocycles. The van der Waals surface area contributed by atoms with Crippen LogP contribution >= 0.6 is 15.9 Å². The van der Waals surface area contributed by atoms with Gasteiger partial charge >= 0.3 is 0 Å². The minimum Gasteiger partial charge on any atom is -0.343 e. The minimum atomic E-state index is 0.921. The molecule has 1 heterocycles. The maximum absolute atomic E-state index is 3.60. The monoisotopic (exact) mass is 313 g/mol.